The molecule has 1 unspecified atom stereocenters. The van der Waals surface area contributed by atoms with Crippen LogP contribution in [0.1, 0.15) is 26.3 Å². The molecule has 1 rings (SSSR count). The molecule has 0 aliphatic rings. The third-order valence-corrected chi connectivity index (χ3v) is 4.58. The summed E-state index contributed by atoms with van der Waals surface area (Å²) in [4.78, 5) is 11.9. The maximum Gasteiger partial charge on any atom is 0.244 e. The van der Waals surface area contributed by atoms with Crippen LogP contribution in [0.25, 0.3) is 0 Å². The molecule has 0 aliphatic carbocycles. The van der Waals surface area contributed by atoms with Gasteiger partial charge in [0.1, 0.15) is 10.6 Å². The lowest BCUT2D eigenvalue weighted by molar-refractivity contribution is -0.122. The van der Waals surface area contributed by atoms with E-state index in [0.717, 1.165) is 5.56 Å². The third-order valence-electron chi connectivity index (χ3n) is 3.02. The van der Waals surface area contributed by atoms with E-state index in [2.05, 4.69) is 10.0 Å². The number of hydrogen-bond acceptors (Lipinski definition) is 4. The molecule has 0 aliphatic heterocycles. The number of methoxy groups -OCH3 is 1. The fraction of sp³-hybridized carbons (Fsp3) is 0.533. The Morgan fingerprint density at radius 1 is 1.27 bits per heavy atom. The summed E-state index contributed by atoms with van der Waals surface area (Å²) < 4.78 is 32.4. The molecule has 0 bridgehead atoms. The van der Waals surface area contributed by atoms with E-state index in [9.17, 15) is 13.2 Å². The molecule has 1 atom stereocenters. The first-order chi connectivity index (χ1) is 10.2. The molecule has 7 heteroatoms. The van der Waals surface area contributed by atoms with Crippen molar-refractivity contribution in [2.24, 2.45) is 5.92 Å². The van der Waals surface area contributed by atoms with Crippen LogP contribution in [0.4, 0.5) is 0 Å². The SMILES string of the molecule is COc1ccc(C)cc1S(=O)(=O)NC(C)C(=O)NCC(C)C. The number of aryl methyl sites for hydroxylation is 1. The first-order valence-electron chi connectivity index (χ1n) is 7.12. The number of carbonyl (C=O) groups is 1. The first kappa shape index (κ1) is 18.4. The molecular formula is C15H24N2O4S. The Balaban J connectivity index is 2.92. The summed E-state index contributed by atoms with van der Waals surface area (Å²) in [6, 6.07) is 4.00. The Labute approximate surface area is 132 Å². The largest absolute Gasteiger partial charge is 0.495 e. The summed E-state index contributed by atoms with van der Waals surface area (Å²) in [5.41, 5.74) is 0.790. The molecule has 1 aromatic rings. The highest BCUT2D eigenvalue weighted by Gasteiger charge is 2.25. The Kier molecular flexibility index (Phi) is 6.37. The van der Waals surface area contributed by atoms with Gasteiger partial charge in [0.15, 0.2) is 0 Å². The number of nitrogens with one attached hydrogen (secondary N) is 2. The Hall–Kier alpha value is -1.60. The van der Waals surface area contributed by atoms with Crippen LogP contribution in [-0.2, 0) is 14.8 Å². The monoisotopic (exact) mass is 328 g/mol. The number of amides is 1. The maximum atomic E-state index is 12.4. The van der Waals surface area contributed by atoms with E-state index < -0.39 is 16.1 Å². The van der Waals surface area contributed by atoms with Crippen LogP contribution >= 0.6 is 0 Å². The van der Waals surface area contributed by atoms with E-state index in [-0.39, 0.29) is 16.6 Å². The Morgan fingerprint density at radius 3 is 2.45 bits per heavy atom. The molecule has 0 radical (unpaired) electrons. The van der Waals surface area contributed by atoms with E-state index in [1.807, 2.05) is 13.8 Å². The van der Waals surface area contributed by atoms with Crippen LogP contribution in [0.3, 0.4) is 0 Å². The molecule has 124 valence electrons. The van der Waals surface area contributed by atoms with E-state index in [1.165, 1.54) is 20.1 Å². The topological polar surface area (TPSA) is 84.5 Å². The van der Waals surface area contributed by atoms with Crippen molar-refractivity contribution in [1.82, 2.24) is 10.0 Å². The summed E-state index contributed by atoms with van der Waals surface area (Å²) in [5, 5.41) is 2.70. The zero-order valence-electron chi connectivity index (χ0n) is 13.6. The fourth-order valence-electron chi connectivity index (χ4n) is 1.80. The number of benzene rings is 1. The smallest absolute Gasteiger partial charge is 0.244 e. The van der Waals surface area contributed by atoms with Crippen molar-refractivity contribution in [3.63, 3.8) is 0 Å². The van der Waals surface area contributed by atoms with Crippen LogP contribution < -0.4 is 14.8 Å². The van der Waals surface area contributed by atoms with Gasteiger partial charge >= 0.3 is 0 Å². The van der Waals surface area contributed by atoms with E-state index >= 15 is 0 Å². The van der Waals surface area contributed by atoms with Gasteiger partial charge in [-0.3, -0.25) is 4.79 Å². The minimum Gasteiger partial charge on any atom is -0.495 e. The van der Waals surface area contributed by atoms with Crippen molar-refractivity contribution in [3.8, 4) is 5.75 Å². The van der Waals surface area contributed by atoms with Gasteiger partial charge in [-0.25, -0.2) is 8.42 Å². The average Bonchev–Trinajstić information content (AvgIpc) is 2.44. The van der Waals surface area contributed by atoms with Crippen molar-refractivity contribution in [1.29, 1.82) is 0 Å². The first-order valence-corrected chi connectivity index (χ1v) is 8.60. The van der Waals surface area contributed by atoms with Crippen LogP contribution in [-0.4, -0.2) is 34.0 Å². The van der Waals surface area contributed by atoms with Crippen LogP contribution in [0.2, 0.25) is 0 Å². The van der Waals surface area contributed by atoms with Gasteiger partial charge in [0.25, 0.3) is 0 Å². The number of hydrogen-bond donors (Lipinski definition) is 2. The zero-order valence-corrected chi connectivity index (χ0v) is 14.5. The van der Waals surface area contributed by atoms with Gasteiger partial charge in [-0.05, 0) is 37.5 Å². The number of rotatable bonds is 7. The predicted octanol–water partition coefficient (Wildman–Crippen LogP) is 1.44. The van der Waals surface area contributed by atoms with Gasteiger partial charge in [0.2, 0.25) is 15.9 Å². The normalized spacial score (nSPS) is 13.0. The lowest BCUT2D eigenvalue weighted by Gasteiger charge is -2.17. The van der Waals surface area contributed by atoms with Crippen molar-refractivity contribution in [2.75, 3.05) is 13.7 Å². The molecular weight excluding hydrogens is 304 g/mol. The van der Waals surface area contributed by atoms with Gasteiger partial charge < -0.3 is 10.1 Å². The van der Waals surface area contributed by atoms with Gasteiger partial charge in [-0.2, -0.15) is 4.72 Å². The van der Waals surface area contributed by atoms with Crippen molar-refractivity contribution >= 4 is 15.9 Å². The Bertz CT molecular complexity index is 626. The lowest BCUT2D eigenvalue weighted by atomic mass is 10.2. The summed E-state index contributed by atoms with van der Waals surface area (Å²) in [6.45, 7) is 7.73. The molecule has 2 N–H and O–H groups in total. The highest BCUT2D eigenvalue weighted by Crippen LogP contribution is 2.24. The molecule has 22 heavy (non-hydrogen) atoms. The van der Waals surface area contributed by atoms with Crippen molar-refractivity contribution < 1.29 is 17.9 Å². The number of sulfonamides is 1. The number of ether oxygens (including phenoxy) is 1. The summed E-state index contributed by atoms with van der Waals surface area (Å²) in [6.07, 6.45) is 0. The lowest BCUT2D eigenvalue weighted by Crippen LogP contribution is -2.45. The van der Waals surface area contributed by atoms with Crippen LogP contribution in [0.15, 0.2) is 23.1 Å². The quantitative estimate of drug-likeness (QED) is 0.793. The molecule has 0 saturated carbocycles. The highest BCUT2D eigenvalue weighted by atomic mass is 32.2. The van der Waals surface area contributed by atoms with E-state index in [4.69, 9.17) is 4.74 Å². The molecule has 6 nitrogen and oxygen atoms in total. The number of carbonyl (C=O) groups excluding carboxylic acids is 1. The molecule has 0 fully saturated rings. The minimum absolute atomic E-state index is 0.0264. The van der Waals surface area contributed by atoms with Gasteiger partial charge in [-0.15, -0.1) is 0 Å². The summed E-state index contributed by atoms with van der Waals surface area (Å²) >= 11 is 0. The second-order valence-electron chi connectivity index (χ2n) is 5.64. The Morgan fingerprint density at radius 2 is 1.91 bits per heavy atom. The van der Waals surface area contributed by atoms with Crippen molar-refractivity contribution in [2.45, 2.75) is 38.6 Å². The van der Waals surface area contributed by atoms with Gasteiger partial charge in [0, 0.05) is 6.54 Å². The second kappa shape index (κ2) is 7.60. The molecule has 1 aromatic carbocycles. The standard InChI is InChI=1S/C15H24N2O4S/c1-10(2)9-16-15(18)12(4)17-22(19,20)14-8-11(3)6-7-13(14)21-5/h6-8,10,12,17H,9H2,1-5H3,(H,16,18). The highest BCUT2D eigenvalue weighted by molar-refractivity contribution is 7.89. The molecule has 0 aromatic heterocycles. The molecule has 0 heterocycles. The summed E-state index contributed by atoms with van der Waals surface area (Å²) in [7, 11) is -2.44. The van der Waals surface area contributed by atoms with Crippen LogP contribution in [0, 0.1) is 12.8 Å². The van der Waals surface area contributed by atoms with Crippen LogP contribution in [0.5, 0.6) is 5.75 Å². The van der Waals surface area contributed by atoms with Gasteiger partial charge in [0.05, 0.1) is 13.2 Å². The molecule has 0 spiro atoms. The predicted molar refractivity (Wildman–Crippen MR) is 85.4 cm³/mol. The fourth-order valence-corrected chi connectivity index (χ4v) is 3.26. The maximum absolute atomic E-state index is 12.4. The molecule has 0 saturated heterocycles. The average molecular weight is 328 g/mol. The minimum atomic E-state index is -3.84. The zero-order chi connectivity index (χ0) is 16.9. The second-order valence-corrected chi connectivity index (χ2v) is 7.32. The third kappa shape index (κ3) is 4.99. The molecule has 1 amide bonds. The van der Waals surface area contributed by atoms with E-state index in [1.54, 1.807) is 19.1 Å². The van der Waals surface area contributed by atoms with Crippen molar-refractivity contribution in [3.05, 3.63) is 23.8 Å². The summed E-state index contributed by atoms with van der Waals surface area (Å²) in [5.74, 6) is 0.182. The van der Waals surface area contributed by atoms with Gasteiger partial charge in [-0.1, -0.05) is 19.9 Å². The van der Waals surface area contributed by atoms with E-state index in [0.29, 0.717) is 12.5 Å².